The highest BCUT2D eigenvalue weighted by molar-refractivity contribution is 5.37. The average Bonchev–Trinajstić information content (AvgIpc) is 2.54. The van der Waals surface area contributed by atoms with Crippen LogP contribution in [0.1, 0.15) is 49.3 Å². The van der Waals surface area contributed by atoms with Gasteiger partial charge in [0.2, 0.25) is 0 Å². The molecule has 0 spiro atoms. The molecule has 1 aromatic rings. The molecule has 3 rings (SSSR count). The van der Waals surface area contributed by atoms with Gasteiger partial charge in [-0.3, -0.25) is 0 Å². The molecule has 0 radical (unpaired) electrons. The zero-order valence-electron chi connectivity index (χ0n) is 13.0. The summed E-state index contributed by atoms with van der Waals surface area (Å²) in [5, 5.41) is 11.3. The van der Waals surface area contributed by atoms with E-state index < -0.39 is 5.60 Å². The van der Waals surface area contributed by atoms with Crippen LogP contribution in [0, 0.1) is 5.41 Å². The van der Waals surface area contributed by atoms with Crippen LogP contribution in [0.3, 0.4) is 0 Å². The van der Waals surface area contributed by atoms with E-state index in [-0.39, 0.29) is 5.41 Å². The van der Waals surface area contributed by atoms with Crippen molar-refractivity contribution in [3.63, 3.8) is 0 Å². The predicted molar refractivity (Wildman–Crippen MR) is 84.2 cm³/mol. The highest BCUT2D eigenvalue weighted by Crippen LogP contribution is 2.46. The summed E-state index contributed by atoms with van der Waals surface area (Å²) in [7, 11) is 0. The zero-order chi connectivity index (χ0) is 14.9. The smallest absolute Gasteiger partial charge is 0.0938 e. The molecule has 21 heavy (non-hydrogen) atoms. The highest BCUT2D eigenvalue weighted by atomic mass is 16.5. The van der Waals surface area contributed by atoms with Gasteiger partial charge in [0.1, 0.15) is 0 Å². The Balaban J connectivity index is 1.96. The summed E-state index contributed by atoms with van der Waals surface area (Å²) in [5.41, 5.74) is 8.82. The molecule has 0 aromatic heterocycles. The van der Waals surface area contributed by atoms with Crippen LogP contribution in [-0.4, -0.2) is 24.9 Å². The standard InChI is InChI=1S/C18H27NO2/c1-17(20,18(13-19)8-10-21-11-9-18)16-7-6-14-4-2-3-5-15(14)12-16/h6-7,12,20H,2-5,8-11,13,19H2,1H3. The van der Waals surface area contributed by atoms with Gasteiger partial charge in [-0.05, 0) is 62.1 Å². The molecule has 1 aromatic carbocycles. The van der Waals surface area contributed by atoms with Crippen LogP contribution in [-0.2, 0) is 23.2 Å². The Bertz CT molecular complexity index is 504. The van der Waals surface area contributed by atoms with Crippen LogP contribution in [0.4, 0.5) is 0 Å². The monoisotopic (exact) mass is 289 g/mol. The van der Waals surface area contributed by atoms with Gasteiger partial charge in [-0.25, -0.2) is 0 Å². The SMILES string of the molecule is CC(O)(c1ccc2c(c1)CCCC2)C1(CN)CCOCC1. The van der Waals surface area contributed by atoms with E-state index in [9.17, 15) is 5.11 Å². The maximum atomic E-state index is 11.3. The third-order valence-corrected chi connectivity index (χ3v) is 5.78. The van der Waals surface area contributed by atoms with Crippen molar-refractivity contribution in [3.05, 3.63) is 34.9 Å². The molecule has 116 valence electrons. The molecular weight excluding hydrogens is 262 g/mol. The predicted octanol–water partition coefficient (Wildman–Crippen LogP) is 2.53. The number of nitrogens with two attached hydrogens (primary N) is 1. The zero-order valence-corrected chi connectivity index (χ0v) is 13.0. The van der Waals surface area contributed by atoms with Crippen LogP contribution in [0.2, 0.25) is 0 Å². The summed E-state index contributed by atoms with van der Waals surface area (Å²) < 4.78 is 5.48. The lowest BCUT2D eigenvalue weighted by molar-refractivity contribution is -0.123. The molecule has 1 saturated heterocycles. The molecule has 0 saturated carbocycles. The molecular formula is C18H27NO2. The van der Waals surface area contributed by atoms with Crippen molar-refractivity contribution in [2.75, 3.05) is 19.8 Å². The second-order valence-corrected chi connectivity index (χ2v) is 6.86. The Hall–Kier alpha value is -0.900. The first-order valence-electron chi connectivity index (χ1n) is 8.22. The molecule has 0 bridgehead atoms. The Kier molecular flexibility index (Phi) is 4.08. The average molecular weight is 289 g/mol. The molecule has 1 fully saturated rings. The normalized spacial score (nSPS) is 24.1. The van der Waals surface area contributed by atoms with E-state index >= 15 is 0 Å². The summed E-state index contributed by atoms with van der Waals surface area (Å²) in [4.78, 5) is 0. The number of aliphatic hydroxyl groups is 1. The van der Waals surface area contributed by atoms with Crippen molar-refractivity contribution in [1.29, 1.82) is 0 Å². The number of benzene rings is 1. The molecule has 1 aliphatic heterocycles. The number of aryl methyl sites for hydroxylation is 2. The van der Waals surface area contributed by atoms with E-state index in [1.165, 1.54) is 30.4 Å². The van der Waals surface area contributed by atoms with Crippen molar-refractivity contribution in [1.82, 2.24) is 0 Å². The minimum atomic E-state index is -0.891. The van der Waals surface area contributed by atoms with Crippen LogP contribution in [0.25, 0.3) is 0 Å². The Morgan fingerprint density at radius 3 is 2.52 bits per heavy atom. The van der Waals surface area contributed by atoms with Gasteiger partial charge < -0.3 is 15.6 Å². The van der Waals surface area contributed by atoms with Gasteiger partial charge in [0.05, 0.1) is 5.60 Å². The molecule has 0 amide bonds. The molecule has 1 heterocycles. The van der Waals surface area contributed by atoms with E-state index in [0.717, 1.165) is 24.8 Å². The number of rotatable bonds is 3. The third kappa shape index (κ3) is 2.52. The number of ether oxygens (including phenoxy) is 1. The van der Waals surface area contributed by atoms with Crippen LogP contribution in [0.5, 0.6) is 0 Å². The summed E-state index contributed by atoms with van der Waals surface area (Å²) in [5.74, 6) is 0. The van der Waals surface area contributed by atoms with Gasteiger partial charge in [-0.2, -0.15) is 0 Å². The second-order valence-electron chi connectivity index (χ2n) is 6.86. The molecule has 1 aliphatic carbocycles. The molecule has 3 heteroatoms. The third-order valence-electron chi connectivity index (χ3n) is 5.78. The molecule has 1 unspecified atom stereocenters. The Morgan fingerprint density at radius 2 is 1.86 bits per heavy atom. The first kappa shape index (κ1) is 15.0. The van der Waals surface area contributed by atoms with Gasteiger partial charge in [-0.15, -0.1) is 0 Å². The van der Waals surface area contributed by atoms with Gasteiger partial charge in [-0.1, -0.05) is 18.2 Å². The highest BCUT2D eigenvalue weighted by Gasteiger charge is 2.48. The molecule has 3 N–H and O–H groups in total. The molecule has 3 nitrogen and oxygen atoms in total. The summed E-state index contributed by atoms with van der Waals surface area (Å²) in [6.07, 6.45) is 6.51. The topological polar surface area (TPSA) is 55.5 Å². The summed E-state index contributed by atoms with van der Waals surface area (Å²) in [6.45, 7) is 3.83. The van der Waals surface area contributed by atoms with Crippen molar-refractivity contribution in [2.45, 2.75) is 51.0 Å². The number of hydrogen-bond acceptors (Lipinski definition) is 3. The van der Waals surface area contributed by atoms with Gasteiger partial charge >= 0.3 is 0 Å². The van der Waals surface area contributed by atoms with E-state index in [0.29, 0.717) is 19.8 Å². The Labute approximate surface area is 127 Å². The van der Waals surface area contributed by atoms with Gasteiger partial charge in [0, 0.05) is 25.2 Å². The van der Waals surface area contributed by atoms with Crippen LogP contribution >= 0.6 is 0 Å². The van der Waals surface area contributed by atoms with E-state index in [4.69, 9.17) is 10.5 Å². The van der Waals surface area contributed by atoms with Crippen LogP contribution in [0.15, 0.2) is 18.2 Å². The summed E-state index contributed by atoms with van der Waals surface area (Å²) >= 11 is 0. The fraction of sp³-hybridized carbons (Fsp3) is 0.667. The maximum absolute atomic E-state index is 11.3. The number of fused-ring (bicyclic) bond motifs is 1. The maximum Gasteiger partial charge on any atom is 0.0938 e. The largest absolute Gasteiger partial charge is 0.385 e. The minimum absolute atomic E-state index is 0.270. The van der Waals surface area contributed by atoms with Gasteiger partial charge in [0.25, 0.3) is 0 Å². The molecule has 2 aliphatic rings. The second kappa shape index (κ2) is 5.71. The fourth-order valence-corrected chi connectivity index (χ4v) is 3.99. The fourth-order valence-electron chi connectivity index (χ4n) is 3.99. The first-order valence-corrected chi connectivity index (χ1v) is 8.22. The van der Waals surface area contributed by atoms with Crippen molar-refractivity contribution in [3.8, 4) is 0 Å². The number of hydrogen-bond donors (Lipinski definition) is 2. The van der Waals surface area contributed by atoms with Crippen molar-refractivity contribution in [2.24, 2.45) is 11.1 Å². The Morgan fingerprint density at radius 1 is 1.19 bits per heavy atom. The molecule has 1 atom stereocenters. The van der Waals surface area contributed by atoms with E-state index in [2.05, 4.69) is 18.2 Å². The first-order chi connectivity index (χ1) is 10.1. The van der Waals surface area contributed by atoms with E-state index in [1.807, 2.05) is 6.92 Å². The summed E-state index contributed by atoms with van der Waals surface area (Å²) in [6, 6.07) is 6.54. The van der Waals surface area contributed by atoms with E-state index in [1.54, 1.807) is 0 Å². The minimum Gasteiger partial charge on any atom is -0.385 e. The lowest BCUT2D eigenvalue weighted by atomic mass is 9.64. The lowest BCUT2D eigenvalue weighted by Gasteiger charge is -2.47. The van der Waals surface area contributed by atoms with Crippen molar-refractivity contribution < 1.29 is 9.84 Å². The quantitative estimate of drug-likeness (QED) is 0.899. The van der Waals surface area contributed by atoms with Gasteiger partial charge in [0.15, 0.2) is 0 Å². The van der Waals surface area contributed by atoms with Crippen molar-refractivity contribution >= 4 is 0 Å². The lowest BCUT2D eigenvalue weighted by Crippen LogP contribution is -2.51. The van der Waals surface area contributed by atoms with Crippen LogP contribution < -0.4 is 5.73 Å².